The molecule has 0 saturated carbocycles. The van der Waals surface area contributed by atoms with Gasteiger partial charge in [0.15, 0.2) is 5.84 Å². The molecule has 0 radical (unpaired) electrons. The standard InChI is InChI=1S/C16H24FN3O/c1-3-16(4-2)7-8-20(11-16)10-12-5-6-13(17)9-14(12)15(18)19-21/h5-6,9,21H,3-4,7-8,10-11H2,1-2H3,(H2,18,19). The summed E-state index contributed by atoms with van der Waals surface area (Å²) in [5.41, 5.74) is 7.43. The predicted molar refractivity (Wildman–Crippen MR) is 81.8 cm³/mol. The van der Waals surface area contributed by atoms with Crippen LogP contribution in [0.4, 0.5) is 4.39 Å². The summed E-state index contributed by atoms with van der Waals surface area (Å²) in [6.07, 6.45) is 3.55. The summed E-state index contributed by atoms with van der Waals surface area (Å²) in [4.78, 5) is 2.37. The molecule has 116 valence electrons. The quantitative estimate of drug-likeness (QED) is 0.380. The van der Waals surface area contributed by atoms with E-state index in [1.807, 2.05) is 0 Å². The highest BCUT2D eigenvalue weighted by Gasteiger charge is 2.34. The maximum atomic E-state index is 13.4. The van der Waals surface area contributed by atoms with E-state index in [9.17, 15) is 4.39 Å². The first kappa shape index (κ1) is 15.8. The van der Waals surface area contributed by atoms with Crippen LogP contribution >= 0.6 is 0 Å². The van der Waals surface area contributed by atoms with Gasteiger partial charge in [0, 0.05) is 18.7 Å². The summed E-state index contributed by atoms with van der Waals surface area (Å²) in [5, 5.41) is 11.9. The van der Waals surface area contributed by atoms with Crippen LogP contribution < -0.4 is 5.73 Å². The average molecular weight is 293 g/mol. The third kappa shape index (κ3) is 3.35. The Kier molecular flexibility index (Phi) is 4.83. The Morgan fingerprint density at radius 1 is 1.43 bits per heavy atom. The summed E-state index contributed by atoms with van der Waals surface area (Å²) in [7, 11) is 0. The minimum absolute atomic E-state index is 0.0408. The third-order valence-corrected chi connectivity index (χ3v) is 4.87. The number of amidine groups is 1. The van der Waals surface area contributed by atoms with Gasteiger partial charge in [0.05, 0.1) is 0 Å². The normalized spacial score (nSPS) is 19.1. The first-order chi connectivity index (χ1) is 10.0. The number of benzene rings is 1. The van der Waals surface area contributed by atoms with Crippen LogP contribution in [0.15, 0.2) is 23.4 Å². The summed E-state index contributed by atoms with van der Waals surface area (Å²) in [6.45, 7) is 7.27. The third-order valence-electron chi connectivity index (χ3n) is 4.87. The molecular weight excluding hydrogens is 269 g/mol. The van der Waals surface area contributed by atoms with Crippen molar-refractivity contribution in [3.05, 3.63) is 35.1 Å². The lowest BCUT2D eigenvalue weighted by Gasteiger charge is -2.26. The van der Waals surface area contributed by atoms with Gasteiger partial charge in [-0.3, -0.25) is 4.90 Å². The topological polar surface area (TPSA) is 61.8 Å². The number of rotatable bonds is 5. The van der Waals surface area contributed by atoms with E-state index in [0.29, 0.717) is 17.5 Å². The molecule has 0 aromatic heterocycles. The second-order valence-corrected chi connectivity index (χ2v) is 5.95. The summed E-state index contributed by atoms with van der Waals surface area (Å²) < 4.78 is 13.4. The number of likely N-dealkylation sites (tertiary alicyclic amines) is 1. The van der Waals surface area contributed by atoms with Gasteiger partial charge >= 0.3 is 0 Å². The van der Waals surface area contributed by atoms with Gasteiger partial charge in [-0.2, -0.15) is 0 Å². The Morgan fingerprint density at radius 2 is 2.14 bits per heavy atom. The zero-order valence-electron chi connectivity index (χ0n) is 12.8. The Morgan fingerprint density at radius 3 is 2.71 bits per heavy atom. The lowest BCUT2D eigenvalue weighted by Crippen LogP contribution is -2.27. The molecule has 5 heteroatoms. The van der Waals surface area contributed by atoms with E-state index in [1.54, 1.807) is 6.07 Å². The molecule has 1 saturated heterocycles. The second-order valence-electron chi connectivity index (χ2n) is 5.95. The molecule has 4 nitrogen and oxygen atoms in total. The number of nitrogens with two attached hydrogens (primary N) is 1. The van der Waals surface area contributed by atoms with E-state index in [4.69, 9.17) is 10.9 Å². The number of nitrogens with zero attached hydrogens (tertiary/aromatic N) is 2. The van der Waals surface area contributed by atoms with Gasteiger partial charge < -0.3 is 10.9 Å². The van der Waals surface area contributed by atoms with Crippen LogP contribution in [0, 0.1) is 11.2 Å². The Bertz CT molecular complexity index is 526. The van der Waals surface area contributed by atoms with E-state index >= 15 is 0 Å². The van der Waals surface area contributed by atoms with Crippen LogP contribution in [-0.4, -0.2) is 29.0 Å². The summed E-state index contributed by atoms with van der Waals surface area (Å²) in [6, 6.07) is 4.47. The van der Waals surface area contributed by atoms with Crippen LogP contribution in [0.3, 0.4) is 0 Å². The van der Waals surface area contributed by atoms with Crippen molar-refractivity contribution < 1.29 is 9.60 Å². The fourth-order valence-corrected chi connectivity index (χ4v) is 3.21. The highest BCUT2D eigenvalue weighted by molar-refractivity contribution is 5.98. The maximum absolute atomic E-state index is 13.4. The summed E-state index contributed by atoms with van der Waals surface area (Å²) >= 11 is 0. The zero-order chi connectivity index (χ0) is 15.5. The first-order valence-corrected chi connectivity index (χ1v) is 7.52. The van der Waals surface area contributed by atoms with Crippen molar-refractivity contribution in [2.24, 2.45) is 16.3 Å². The van der Waals surface area contributed by atoms with Crippen molar-refractivity contribution in [2.45, 2.75) is 39.7 Å². The number of halogens is 1. The lowest BCUT2D eigenvalue weighted by atomic mass is 9.82. The first-order valence-electron chi connectivity index (χ1n) is 7.52. The van der Waals surface area contributed by atoms with Crippen molar-refractivity contribution in [2.75, 3.05) is 13.1 Å². The highest BCUT2D eigenvalue weighted by atomic mass is 19.1. The molecule has 0 bridgehead atoms. The van der Waals surface area contributed by atoms with E-state index in [2.05, 4.69) is 23.9 Å². The van der Waals surface area contributed by atoms with Crippen LogP contribution in [0.2, 0.25) is 0 Å². The zero-order valence-corrected chi connectivity index (χ0v) is 12.8. The van der Waals surface area contributed by atoms with Gasteiger partial charge in [-0.05, 0) is 48.9 Å². The molecule has 0 spiro atoms. The van der Waals surface area contributed by atoms with Gasteiger partial charge in [0.1, 0.15) is 5.82 Å². The number of hydrogen-bond donors (Lipinski definition) is 2. The lowest BCUT2D eigenvalue weighted by molar-refractivity contribution is 0.236. The average Bonchev–Trinajstić information content (AvgIpc) is 2.92. The molecule has 1 heterocycles. The smallest absolute Gasteiger partial charge is 0.170 e. The van der Waals surface area contributed by atoms with Gasteiger partial charge in [-0.15, -0.1) is 0 Å². The highest BCUT2D eigenvalue weighted by Crippen LogP contribution is 2.37. The van der Waals surface area contributed by atoms with Crippen molar-refractivity contribution in [1.29, 1.82) is 0 Å². The number of hydrogen-bond acceptors (Lipinski definition) is 3. The van der Waals surface area contributed by atoms with Gasteiger partial charge in [0.2, 0.25) is 0 Å². The van der Waals surface area contributed by atoms with Crippen LogP contribution in [0.5, 0.6) is 0 Å². The molecular formula is C16H24FN3O. The minimum atomic E-state index is -0.377. The van der Waals surface area contributed by atoms with Gasteiger partial charge in [0.25, 0.3) is 0 Å². The van der Waals surface area contributed by atoms with Gasteiger partial charge in [-0.25, -0.2) is 4.39 Å². The van der Waals surface area contributed by atoms with Crippen LogP contribution in [-0.2, 0) is 6.54 Å². The summed E-state index contributed by atoms with van der Waals surface area (Å²) in [5.74, 6) is -0.417. The monoisotopic (exact) mass is 293 g/mol. The van der Waals surface area contributed by atoms with E-state index in [1.165, 1.54) is 31.4 Å². The molecule has 1 fully saturated rings. The van der Waals surface area contributed by atoms with Crippen molar-refractivity contribution in [3.8, 4) is 0 Å². The molecule has 0 aliphatic carbocycles. The fourth-order valence-electron chi connectivity index (χ4n) is 3.21. The Hall–Kier alpha value is -1.62. The molecule has 0 amide bonds. The Balaban J connectivity index is 2.18. The largest absolute Gasteiger partial charge is 0.409 e. The van der Waals surface area contributed by atoms with Gasteiger partial charge in [-0.1, -0.05) is 25.1 Å². The fraction of sp³-hybridized carbons (Fsp3) is 0.562. The number of oxime groups is 1. The van der Waals surface area contributed by atoms with Crippen LogP contribution in [0.1, 0.15) is 44.2 Å². The van der Waals surface area contributed by atoms with E-state index in [0.717, 1.165) is 18.7 Å². The van der Waals surface area contributed by atoms with E-state index < -0.39 is 0 Å². The molecule has 2 rings (SSSR count). The van der Waals surface area contributed by atoms with Crippen molar-refractivity contribution >= 4 is 5.84 Å². The molecule has 1 aromatic rings. The maximum Gasteiger partial charge on any atom is 0.170 e. The molecule has 1 aliphatic rings. The molecule has 21 heavy (non-hydrogen) atoms. The molecule has 1 aliphatic heterocycles. The molecule has 3 N–H and O–H groups in total. The molecule has 1 aromatic carbocycles. The molecule has 0 unspecified atom stereocenters. The second kappa shape index (κ2) is 6.43. The van der Waals surface area contributed by atoms with Crippen molar-refractivity contribution in [3.63, 3.8) is 0 Å². The van der Waals surface area contributed by atoms with Crippen LogP contribution in [0.25, 0.3) is 0 Å². The minimum Gasteiger partial charge on any atom is -0.409 e. The predicted octanol–water partition coefficient (Wildman–Crippen LogP) is 2.93. The van der Waals surface area contributed by atoms with Crippen molar-refractivity contribution in [1.82, 2.24) is 4.90 Å². The Labute approximate surface area is 125 Å². The molecule has 0 atom stereocenters. The van der Waals surface area contributed by atoms with E-state index in [-0.39, 0.29) is 11.7 Å². The SMILES string of the molecule is CCC1(CC)CCN(Cc2ccc(F)cc2/C(N)=N/O)C1.